The van der Waals surface area contributed by atoms with E-state index in [1.807, 2.05) is 115 Å². The lowest BCUT2D eigenvalue weighted by Crippen LogP contribution is -2.23. The Bertz CT molecular complexity index is 3920. The zero-order valence-corrected chi connectivity index (χ0v) is 62.1. The summed E-state index contributed by atoms with van der Waals surface area (Å²) in [6.07, 6.45) is 19.8. The summed E-state index contributed by atoms with van der Waals surface area (Å²) in [7, 11) is 0. The molecule has 21 heteroatoms. The van der Waals surface area contributed by atoms with Crippen molar-refractivity contribution in [2.75, 3.05) is 66.1 Å². The van der Waals surface area contributed by atoms with Gasteiger partial charge in [-0.1, -0.05) is 120 Å². The average Bonchev–Trinajstić information content (AvgIpc) is 0.858. The molecule has 0 aliphatic carbocycles. The summed E-state index contributed by atoms with van der Waals surface area (Å²) in [4.78, 5) is 86.7. The highest BCUT2D eigenvalue weighted by Crippen LogP contribution is 2.33. The van der Waals surface area contributed by atoms with E-state index in [-0.39, 0.29) is 55.4 Å². The third kappa shape index (κ3) is 31.9. The van der Waals surface area contributed by atoms with Crippen LogP contribution in [0.4, 0.5) is 0 Å². The highest BCUT2D eigenvalue weighted by atomic mass is 16.6. The second-order valence-corrected chi connectivity index (χ2v) is 25.6. The number of hydrogen-bond acceptors (Lipinski definition) is 20. The van der Waals surface area contributed by atoms with Crippen LogP contribution in [0.3, 0.4) is 0 Å². The number of unbranched alkanes of at least 4 members (excludes halogenated alkanes) is 10. The van der Waals surface area contributed by atoms with Crippen LogP contribution in [-0.2, 0) is 65.4 Å². The molecule has 0 saturated carbocycles. The van der Waals surface area contributed by atoms with Crippen molar-refractivity contribution in [3.8, 4) is 62.4 Å². The summed E-state index contributed by atoms with van der Waals surface area (Å²) in [5, 5.41) is 0. The van der Waals surface area contributed by atoms with Gasteiger partial charge in [0.2, 0.25) is 0 Å². The number of hydrogen-bond donors (Lipinski definition) is 1. The van der Waals surface area contributed by atoms with Gasteiger partial charge in [0.1, 0.15) is 41.0 Å². The highest BCUT2D eigenvalue weighted by molar-refractivity contribution is 5.89. The summed E-state index contributed by atoms with van der Waals surface area (Å²) >= 11 is 0. The molecule has 0 aliphatic heterocycles. The lowest BCUT2D eigenvalue weighted by Gasteiger charge is -2.18. The van der Waals surface area contributed by atoms with Crippen LogP contribution in [0.2, 0.25) is 0 Å². The second kappa shape index (κ2) is 47.3. The van der Waals surface area contributed by atoms with Crippen molar-refractivity contribution in [3.63, 3.8) is 0 Å². The fourth-order valence-electron chi connectivity index (χ4n) is 10.1. The molecule has 21 nitrogen and oxygen atoms in total. The van der Waals surface area contributed by atoms with Crippen LogP contribution < -0.4 is 23.7 Å². The van der Waals surface area contributed by atoms with Gasteiger partial charge in [-0.05, 0) is 180 Å². The predicted molar refractivity (Wildman–Crippen MR) is 407 cm³/mol. The molecule has 0 radical (unpaired) electrons. The van der Waals surface area contributed by atoms with Gasteiger partial charge in [0, 0.05) is 52.0 Å². The number of aromatic amines is 1. The Balaban J connectivity index is 0.000000338. The maximum Gasteiger partial charge on any atom is 0.356 e. The van der Waals surface area contributed by atoms with Crippen molar-refractivity contribution in [1.82, 2.24) is 19.9 Å². The van der Waals surface area contributed by atoms with E-state index in [2.05, 4.69) is 52.8 Å². The van der Waals surface area contributed by atoms with Crippen molar-refractivity contribution in [1.29, 1.82) is 0 Å². The molecule has 7 aromatic rings. The number of esters is 6. The van der Waals surface area contributed by atoms with E-state index < -0.39 is 23.9 Å². The lowest BCUT2D eigenvalue weighted by molar-refractivity contribution is -0.145. The topological polar surface area (TPSA) is 258 Å². The molecular weight excluding hydrogens is 1350 g/mol. The molecule has 0 amide bonds. The Kier molecular flexibility index (Phi) is 37.4. The molecule has 564 valence electrons. The maximum atomic E-state index is 12.3. The van der Waals surface area contributed by atoms with Gasteiger partial charge in [0.25, 0.3) is 0 Å². The molecule has 0 aliphatic rings. The molecule has 0 fully saturated rings. The molecular formula is C85H102N4O17. The van der Waals surface area contributed by atoms with Crippen molar-refractivity contribution in [2.24, 2.45) is 5.92 Å². The Morgan fingerprint density at radius 2 is 0.802 bits per heavy atom. The fraction of sp³-hybridized carbons (Fsp3) is 0.376. The molecule has 0 bridgehead atoms. The van der Waals surface area contributed by atoms with E-state index in [1.165, 1.54) is 12.5 Å². The van der Waals surface area contributed by atoms with E-state index in [0.29, 0.717) is 99.4 Å². The van der Waals surface area contributed by atoms with Crippen LogP contribution in [0.5, 0.6) is 28.7 Å². The molecule has 0 atom stereocenters. The van der Waals surface area contributed by atoms with Gasteiger partial charge in [0.05, 0.1) is 96.2 Å². The number of nitrogens with zero attached hydrogens (tertiary/aromatic N) is 3. The van der Waals surface area contributed by atoms with Crippen molar-refractivity contribution >= 4 is 35.8 Å². The largest absolute Gasteiger partial charge is 0.494 e. The lowest BCUT2D eigenvalue weighted by atomic mass is 9.97. The number of rotatable bonds is 48. The first kappa shape index (κ1) is 83.9. The number of pyridine rings is 2. The van der Waals surface area contributed by atoms with Gasteiger partial charge < -0.3 is 57.1 Å². The number of benzene rings is 4. The van der Waals surface area contributed by atoms with Crippen molar-refractivity contribution < 1.29 is 80.9 Å². The molecule has 0 unspecified atom stereocenters. The first-order valence-electron chi connectivity index (χ1n) is 36.0. The first-order chi connectivity index (χ1) is 51.2. The molecule has 1 N–H and O–H groups in total. The minimum Gasteiger partial charge on any atom is -0.494 e. The zero-order chi connectivity index (χ0) is 76.3. The summed E-state index contributed by atoms with van der Waals surface area (Å²) in [6, 6.07) is 36.8. The van der Waals surface area contributed by atoms with Gasteiger partial charge in [-0.25, -0.2) is 33.8 Å². The molecule has 7 rings (SSSR count). The highest BCUT2D eigenvalue weighted by Gasteiger charge is 2.19. The SMILES string of the molecule is C=C(C)C(=O)OCCCCOc1ccc(-c2ccc(OCCCCCCCCOC(=O)c3cnc[nH]3)cc2CCOC(=O)C(=C)C)cc1.C=C(C)C(=O)OCc1cc(OCCCCCCCOc2ccc(-c3ccccn3)nc2)ccc1-c1ccc(OCCC(COC(=O)C(=C)C)COC(=O)C(=C)C)cc1. The number of imidazole rings is 1. The normalized spacial score (nSPS) is 10.7. The fourth-order valence-corrected chi connectivity index (χ4v) is 10.1. The quantitative estimate of drug-likeness (QED) is 0.0161. The first-order valence-corrected chi connectivity index (χ1v) is 36.0. The molecule has 4 aromatic carbocycles. The number of nitrogens with one attached hydrogen (secondary N) is 1. The van der Waals surface area contributed by atoms with Crippen LogP contribution in [0.1, 0.15) is 146 Å². The number of carbonyl (C=O) groups excluding carboxylic acids is 6. The molecule has 3 heterocycles. The monoisotopic (exact) mass is 1450 g/mol. The number of H-pyrrole nitrogens is 1. The minimum atomic E-state index is -0.510. The van der Waals surface area contributed by atoms with E-state index in [9.17, 15) is 28.8 Å². The molecule has 0 spiro atoms. The van der Waals surface area contributed by atoms with Gasteiger partial charge in [-0.2, -0.15) is 0 Å². The minimum absolute atomic E-state index is 0.0512. The predicted octanol–water partition coefficient (Wildman–Crippen LogP) is 17.1. The van der Waals surface area contributed by atoms with Gasteiger partial charge in [0.15, 0.2) is 0 Å². The van der Waals surface area contributed by atoms with E-state index in [0.717, 1.165) is 139 Å². The van der Waals surface area contributed by atoms with Crippen LogP contribution in [0, 0.1) is 5.92 Å². The second-order valence-electron chi connectivity index (χ2n) is 25.6. The van der Waals surface area contributed by atoms with Gasteiger partial charge >= 0.3 is 35.8 Å². The third-order valence-electron chi connectivity index (χ3n) is 16.2. The number of carbonyl (C=O) groups is 6. The van der Waals surface area contributed by atoms with Crippen LogP contribution in [0.15, 0.2) is 201 Å². The molecule has 106 heavy (non-hydrogen) atoms. The summed E-state index contributed by atoms with van der Waals surface area (Å²) in [5.41, 5.74) is 9.28. The number of aromatic nitrogens is 4. The Labute approximate surface area is 623 Å². The smallest absolute Gasteiger partial charge is 0.356 e. The Morgan fingerprint density at radius 1 is 0.387 bits per heavy atom. The Morgan fingerprint density at radius 3 is 1.30 bits per heavy atom. The van der Waals surface area contributed by atoms with Crippen molar-refractivity contribution in [3.05, 3.63) is 218 Å². The van der Waals surface area contributed by atoms with Crippen LogP contribution >= 0.6 is 0 Å². The summed E-state index contributed by atoms with van der Waals surface area (Å²) in [6.45, 7) is 29.9. The Hall–Kier alpha value is -11.1. The maximum absolute atomic E-state index is 12.3. The zero-order valence-electron chi connectivity index (χ0n) is 62.1. The standard InChI is InChI=1S/C47H54N2O9.C38H48N2O8/c1-33(2)45(50)56-30-36(31-57-46(51)34(3)4)23-27-55-39-17-15-37(16-18-39)42-21-19-40(28-38(42)32-58-47(52)35(5)6)53-25-12-8-7-9-13-26-54-41-20-22-44(49-29-41)43-14-10-11-24-48-43;1-28(2)36(41)46-23-12-11-21-44-32-15-13-30(14-16-32)34-18-17-33(25-31(34)19-24-48-37(42)29(3)4)45-20-9-7-5-6-8-10-22-47-38(43)35-26-39-27-40-35/h10-11,14-22,24,28-29,36H,1,3,5,7-9,12-13,23,25-27,30-32H2,2,4,6H3;13-18,25-27H,1,3,5-12,19-24H2,2,4H3,(H,39,40). The molecule has 3 aromatic heterocycles. The summed E-state index contributed by atoms with van der Waals surface area (Å²) in [5.74, 6) is 0.673. The van der Waals surface area contributed by atoms with E-state index in [1.54, 1.807) is 47.0 Å². The average molecular weight is 1450 g/mol. The van der Waals surface area contributed by atoms with Crippen LogP contribution in [0.25, 0.3) is 33.6 Å². The third-order valence-corrected chi connectivity index (χ3v) is 16.2. The van der Waals surface area contributed by atoms with E-state index in [4.69, 9.17) is 52.1 Å². The molecule has 0 saturated heterocycles. The van der Waals surface area contributed by atoms with Gasteiger partial charge in [-0.3, -0.25) is 9.97 Å². The van der Waals surface area contributed by atoms with Crippen molar-refractivity contribution in [2.45, 2.75) is 138 Å². The van der Waals surface area contributed by atoms with Gasteiger partial charge in [-0.15, -0.1) is 0 Å². The number of ether oxygens (including phenoxy) is 11. The van der Waals surface area contributed by atoms with Crippen LogP contribution in [-0.4, -0.2) is 122 Å². The van der Waals surface area contributed by atoms with E-state index >= 15 is 0 Å². The summed E-state index contributed by atoms with van der Waals surface area (Å²) < 4.78 is 61.8.